The normalized spacial score (nSPS) is 15.4. The summed E-state index contributed by atoms with van der Waals surface area (Å²) in [6, 6.07) is -0.508. The van der Waals surface area contributed by atoms with Crippen LogP contribution in [0.5, 0.6) is 0 Å². The van der Waals surface area contributed by atoms with Gasteiger partial charge >= 0.3 is 0 Å². The first-order chi connectivity index (χ1) is 7.88. The lowest BCUT2D eigenvalue weighted by Gasteiger charge is -2.18. The van der Waals surface area contributed by atoms with E-state index in [1.165, 1.54) is 6.33 Å². The summed E-state index contributed by atoms with van der Waals surface area (Å²) in [6.07, 6.45) is 1.64. The summed E-state index contributed by atoms with van der Waals surface area (Å²) in [5, 5.41) is 5.37. The summed E-state index contributed by atoms with van der Waals surface area (Å²) in [5.74, 6) is 0.436. The number of H-pyrrole nitrogens is 1. The molecule has 0 aliphatic heterocycles. The van der Waals surface area contributed by atoms with E-state index in [4.69, 9.17) is 18.0 Å². The van der Waals surface area contributed by atoms with Crippen LogP contribution in [0.4, 0.5) is 0 Å². The van der Waals surface area contributed by atoms with E-state index in [-0.39, 0.29) is 4.99 Å². The molecule has 2 unspecified atom stereocenters. The molecule has 0 radical (unpaired) electrons. The highest BCUT2D eigenvalue weighted by Crippen LogP contribution is 2.11. The average Bonchev–Trinajstić information content (AvgIpc) is 2.68. The van der Waals surface area contributed by atoms with Gasteiger partial charge in [-0.3, -0.25) is 5.10 Å². The standard InChI is InChI=1S/C8H15N5O2S2/c1-3-6(7(9)16)17(14,15)13-5(2)8-10-4-11-12-8/h4-6,13H,3H2,1-2H3,(H2,9,16)(H,10,11,12). The molecule has 7 nitrogen and oxygen atoms in total. The lowest BCUT2D eigenvalue weighted by atomic mass is 10.3. The van der Waals surface area contributed by atoms with Crippen LogP contribution >= 0.6 is 12.2 Å². The van der Waals surface area contributed by atoms with Gasteiger partial charge in [-0.1, -0.05) is 19.1 Å². The summed E-state index contributed by atoms with van der Waals surface area (Å²) in [4.78, 5) is 3.84. The van der Waals surface area contributed by atoms with E-state index in [0.29, 0.717) is 12.2 Å². The Kier molecular flexibility index (Phi) is 4.54. The van der Waals surface area contributed by atoms with Crippen LogP contribution in [0.15, 0.2) is 6.33 Å². The van der Waals surface area contributed by atoms with Crippen LogP contribution in [0.2, 0.25) is 0 Å². The highest BCUT2D eigenvalue weighted by molar-refractivity contribution is 7.93. The average molecular weight is 277 g/mol. The summed E-state index contributed by atoms with van der Waals surface area (Å²) in [6.45, 7) is 3.37. The number of nitrogens with zero attached hydrogens (tertiary/aromatic N) is 2. The van der Waals surface area contributed by atoms with Gasteiger partial charge in [-0.25, -0.2) is 18.1 Å². The van der Waals surface area contributed by atoms with E-state index < -0.39 is 21.3 Å². The molecule has 0 spiro atoms. The summed E-state index contributed by atoms with van der Waals surface area (Å²) < 4.78 is 26.4. The van der Waals surface area contributed by atoms with Crippen molar-refractivity contribution in [3.8, 4) is 0 Å². The SMILES string of the molecule is CCC(C(N)=S)S(=O)(=O)NC(C)c1ncn[nH]1. The van der Waals surface area contributed by atoms with Crippen molar-refractivity contribution in [2.24, 2.45) is 5.73 Å². The molecular formula is C8H15N5O2S2. The molecule has 0 aliphatic carbocycles. The second kappa shape index (κ2) is 5.52. The Bertz CT molecular complexity index is 470. The zero-order valence-electron chi connectivity index (χ0n) is 9.54. The molecule has 0 aliphatic rings. The van der Waals surface area contributed by atoms with Crippen molar-refractivity contribution in [3.63, 3.8) is 0 Å². The van der Waals surface area contributed by atoms with E-state index >= 15 is 0 Å². The maximum Gasteiger partial charge on any atom is 0.221 e. The second-order valence-corrected chi connectivity index (χ2v) is 5.92. The van der Waals surface area contributed by atoms with E-state index in [1.54, 1.807) is 13.8 Å². The molecule has 0 bridgehead atoms. The molecule has 1 rings (SSSR count). The molecule has 4 N–H and O–H groups in total. The van der Waals surface area contributed by atoms with Gasteiger partial charge in [0.25, 0.3) is 0 Å². The predicted octanol–water partition coefficient (Wildman–Crippen LogP) is -0.150. The molecular weight excluding hydrogens is 262 g/mol. The summed E-state index contributed by atoms with van der Waals surface area (Å²) in [7, 11) is -3.60. The number of thiocarbonyl (C=S) groups is 1. The number of aromatic amines is 1. The number of hydrogen-bond acceptors (Lipinski definition) is 5. The number of sulfonamides is 1. The lowest BCUT2D eigenvalue weighted by Crippen LogP contribution is -2.42. The molecule has 1 aromatic heterocycles. The molecule has 0 fully saturated rings. The minimum Gasteiger partial charge on any atom is -0.392 e. The number of aromatic nitrogens is 3. The van der Waals surface area contributed by atoms with Gasteiger partial charge < -0.3 is 5.73 Å². The Morgan fingerprint density at radius 3 is 2.76 bits per heavy atom. The Morgan fingerprint density at radius 1 is 1.71 bits per heavy atom. The Hall–Kier alpha value is -1.06. The highest BCUT2D eigenvalue weighted by atomic mass is 32.2. The maximum absolute atomic E-state index is 12.0. The van der Waals surface area contributed by atoms with Gasteiger partial charge in [0.05, 0.1) is 11.0 Å². The van der Waals surface area contributed by atoms with Gasteiger partial charge in [-0.15, -0.1) is 0 Å². The van der Waals surface area contributed by atoms with E-state index in [1.807, 2.05) is 0 Å². The van der Waals surface area contributed by atoms with Crippen LogP contribution in [0.3, 0.4) is 0 Å². The molecule has 1 heterocycles. The van der Waals surface area contributed by atoms with Gasteiger partial charge in [0.2, 0.25) is 10.0 Å². The summed E-state index contributed by atoms with van der Waals surface area (Å²) in [5.41, 5.74) is 5.40. The van der Waals surface area contributed by atoms with Crippen molar-refractivity contribution in [1.29, 1.82) is 0 Å². The largest absolute Gasteiger partial charge is 0.392 e. The molecule has 0 aromatic carbocycles. The van der Waals surface area contributed by atoms with Crippen molar-refractivity contribution >= 4 is 27.2 Å². The third kappa shape index (κ3) is 3.45. The van der Waals surface area contributed by atoms with Crippen molar-refractivity contribution in [3.05, 3.63) is 12.2 Å². The maximum atomic E-state index is 12.0. The quantitative estimate of drug-likeness (QED) is 0.623. The van der Waals surface area contributed by atoms with Crippen molar-refractivity contribution < 1.29 is 8.42 Å². The molecule has 9 heteroatoms. The minimum atomic E-state index is -3.60. The van der Waals surface area contributed by atoms with Gasteiger partial charge in [0.15, 0.2) is 0 Å². The van der Waals surface area contributed by atoms with E-state index in [0.717, 1.165) is 0 Å². The van der Waals surface area contributed by atoms with Crippen molar-refractivity contribution in [1.82, 2.24) is 19.9 Å². The van der Waals surface area contributed by atoms with Crippen LogP contribution in [0.25, 0.3) is 0 Å². The Labute approximate surface area is 105 Å². The fourth-order valence-electron chi connectivity index (χ4n) is 1.38. The van der Waals surface area contributed by atoms with Gasteiger partial charge in [-0.2, -0.15) is 5.10 Å². The smallest absolute Gasteiger partial charge is 0.221 e. The lowest BCUT2D eigenvalue weighted by molar-refractivity contribution is 0.553. The highest BCUT2D eigenvalue weighted by Gasteiger charge is 2.28. The molecule has 2 atom stereocenters. The zero-order chi connectivity index (χ0) is 13.1. The fraction of sp³-hybridized carbons (Fsp3) is 0.625. The third-order valence-corrected chi connectivity index (χ3v) is 4.70. The number of nitrogens with one attached hydrogen (secondary N) is 2. The first kappa shape index (κ1) is 14.0. The monoisotopic (exact) mass is 277 g/mol. The topological polar surface area (TPSA) is 114 Å². The molecule has 1 aromatic rings. The van der Waals surface area contributed by atoms with Gasteiger partial charge in [0, 0.05) is 0 Å². The fourth-order valence-corrected chi connectivity index (χ4v) is 3.44. The van der Waals surface area contributed by atoms with E-state index in [2.05, 4.69) is 19.9 Å². The van der Waals surface area contributed by atoms with Crippen LogP contribution < -0.4 is 10.5 Å². The molecule has 17 heavy (non-hydrogen) atoms. The number of nitrogens with two attached hydrogens (primary N) is 1. The van der Waals surface area contributed by atoms with Gasteiger partial charge in [0.1, 0.15) is 17.4 Å². The molecule has 0 amide bonds. The predicted molar refractivity (Wildman–Crippen MR) is 67.7 cm³/mol. The molecule has 96 valence electrons. The zero-order valence-corrected chi connectivity index (χ0v) is 11.2. The Morgan fingerprint density at radius 2 is 2.35 bits per heavy atom. The van der Waals surface area contributed by atoms with Crippen LogP contribution in [-0.2, 0) is 10.0 Å². The molecule has 0 saturated carbocycles. The molecule has 0 saturated heterocycles. The minimum absolute atomic E-state index is 0.0373. The number of hydrogen-bond donors (Lipinski definition) is 3. The summed E-state index contributed by atoms with van der Waals surface area (Å²) >= 11 is 4.74. The van der Waals surface area contributed by atoms with Crippen molar-refractivity contribution in [2.75, 3.05) is 0 Å². The Balaban J connectivity index is 2.83. The third-order valence-electron chi connectivity index (χ3n) is 2.25. The van der Waals surface area contributed by atoms with Gasteiger partial charge in [-0.05, 0) is 13.3 Å². The van der Waals surface area contributed by atoms with Crippen molar-refractivity contribution in [2.45, 2.75) is 31.6 Å². The first-order valence-corrected chi connectivity index (χ1v) is 6.99. The first-order valence-electron chi connectivity index (χ1n) is 5.04. The second-order valence-electron chi connectivity index (χ2n) is 3.55. The van der Waals surface area contributed by atoms with Crippen LogP contribution in [0, 0.1) is 0 Å². The van der Waals surface area contributed by atoms with E-state index in [9.17, 15) is 8.42 Å². The van der Waals surface area contributed by atoms with Crippen LogP contribution in [0.1, 0.15) is 32.1 Å². The number of rotatable bonds is 6. The van der Waals surface area contributed by atoms with Crippen LogP contribution in [-0.4, -0.2) is 33.8 Å².